The summed E-state index contributed by atoms with van der Waals surface area (Å²) in [5, 5.41) is 3.45. The number of nitrogens with zero attached hydrogens (tertiary/aromatic N) is 1. The Labute approximate surface area is 144 Å². The van der Waals surface area contributed by atoms with Gasteiger partial charge in [-0.2, -0.15) is 0 Å². The Morgan fingerprint density at radius 3 is 2.83 bits per heavy atom. The number of hydrogen-bond acceptors (Lipinski definition) is 3. The molecular formula is C18H19BrN2O2. The van der Waals surface area contributed by atoms with Gasteiger partial charge in [-0.3, -0.25) is 0 Å². The van der Waals surface area contributed by atoms with Gasteiger partial charge < -0.3 is 15.0 Å². The van der Waals surface area contributed by atoms with E-state index in [4.69, 9.17) is 4.74 Å². The molecule has 3 rings (SSSR count). The Bertz CT molecular complexity index is 663. The number of carbonyl (C=O) groups is 1. The van der Waals surface area contributed by atoms with Gasteiger partial charge >= 0.3 is 6.09 Å². The molecule has 2 aromatic carbocycles. The monoisotopic (exact) mass is 374 g/mol. The van der Waals surface area contributed by atoms with Gasteiger partial charge in [0.15, 0.2) is 0 Å². The van der Waals surface area contributed by atoms with Crippen LogP contribution in [0.15, 0.2) is 59.1 Å². The fraction of sp³-hybridized carbons (Fsp3) is 0.278. The number of ether oxygens (including phenoxy) is 1. The molecule has 1 heterocycles. The number of piperazine rings is 1. The van der Waals surface area contributed by atoms with Crippen LogP contribution in [-0.4, -0.2) is 30.6 Å². The maximum absolute atomic E-state index is 12.3. The Kier molecular flexibility index (Phi) is 5.31. The summed E-state index contributed by atoms with van der Waals surface area (Å²) in [7, 11) is 0. The summed E-state index contributed by atoms with van der Waals surface area (Å²) in [6.07, 6.45) is -0.254. The number of carbonyl (C=O) groups excluding carboxylic acids is 1. The zero-order chi connectivity index (χ0) is 16.1. The van der Waals surface area contributed by atoms with Gasteiger partial charge in [0.25, 0.3) is 0 Å². The third kappa shape index (κ3) is 4.33. The second-order valence-corrected chi connectivity index (χ2v) is 6.46. The zero-order valence-electron chi connectivity index (χ0n) is 12.7. The second-order valence-electron chi connectivity index (χ2n) is 5.55. The molecule has 5 heteroatoms. The van der Waals surface area contributed by atoms with Crippen LogP contribution in [0, 0.1) is 0 Å². The van der Waals surface area contributed by atoms with Crippen molar-refractivity contribution in [2.45, 2.75) is 12.6 Å². The predicted molar refractivity (Wildman–Crippen MR) is 93.1 cm³/mol. The Morgan fingerprint density at radius 2 is 2.04 bits per heavy atom. The third-order valence-corrected chi connectivity index (χ3v) is 4.38. The summed E-state index contributed by atoms with van der Waals surface area (Å²) in [6, 6.07) is 18.0. The van der Waals surface area contributed by atoms with Crippen molar-refractivity contribution in [2.75, 3.05) is 19.6 Å². The number of benzene rings is 2. The molecule has 1 unspecified atom stereocenters. The van der Waals surface area contributed by atoms with Crippen molar-refractivity contribution in [3.8, 4) is 0 Å². The van der Waals surface area contributed by atoms with Gasteiger partial charge in [0.05, 0.1) is 6.04 Å². The van der Waals surface area contributed by atoms with E-state index < -0.39 is 0 Å². The molecule has 1 aliphatic rings. The third-order valence-electron chi connectivity index (χ3n) is 3.89. The van der Waals surface area contributed by atoms with Gasteiger partial charge in [0, 0.05) is 24.1 Å². The molecule has 2 aromatic rings. The number of halogens is 1. The van der Waals surface area contributed by atoms with Gasteiger partial charge in [-0.05, 0) is 23.3 Å². The Morgan fingerprint density at radius 1 is 1.22 bits per heavy atom. The van der Waals surface area contributed by atoms with Crippen LogP contribution in [-0.2, 0) is 11.3 Å². The average molecular weight is 375 g/mol. The molecule has 0 aliphatic carbocycles. The van der Waals surface area contributed by atoms with Crippen LogP contribution >= 0.6 is 15.9 Å². The molecule has 1 saturated heterocycles. The van der Waals surface area contributed by atoms with Crippen molar-refractivity contribution in [1.82, 2.24) is 10.2 Å². The van der Waals surface area contributed by atoms with Gasteiger partial charge in [0.2, 0.25) is 0 Å². The maximum atomic E-state index is 12.3. The first-order chi connectivity index (χ1) is 11.2. The Hall–Kier alpha value is -1.85. The van der Waals surface area contributed by atoms with Gasteiger partial charge in [-0.25, -0.2) is 4.79 Å². The lowest BCUT2D eigenvalue weighted by Gasteiger charge is -2.33. The molecule has 0 saturated carbocycles. The van der Waals surface area contributed by atoms with E-state index in [1.807, 2.05) is 42.5 Å². The maximum Gasteiger partial charge on any atom is 0.410 e. The number of rotatable bonds is 3. The van der Waals surface area contributed by atoms with Crippen LogP contribution in [0.1, 0.15) is 17.2 Å². The largest absolute Gasteiger partial charge is 0.445 e. The highest BCUT2D eigenvalue weighted by atomic mass is 79.9. The first-order valence-corrected chi connectivity index (χ1v) is 8.46. The van der Waals surface area contributed by atoms with Crippen LogP contribution < -0.4 is 5.32 Å². The van der Waals surface area contributed by atoms with Crippen molar-refractivity contribution in [2.24, 2.45) is 0 Å². The fourth-order valence-corrected chi connectivity index (χ4v) is 3.09. The average Bonchev–Trinajstić information content (AvgIpc) is 2.61. The highest BCUT2D eigenvalue weighted by Gasteiger charge is 2.25. The van der Waals surface area contributed by atoms with Gasteiger partial charge in [-0.15, -0.1) is 0 Å². The summed E-state index contributed by atoms with van der Waals surface area (Å²) < 4.78 is 6.47. The van der Waals surface area contributed by atoms with E-state index in [0.717, 1.165) is 16.6 Å². The molecule has 0 radical (unpaired) electrons. The lowest BCUT2D eigenvalue weighted by atomic mass is 10.1. The SMILES string of the molecule is O=C(OCc1ccccc1)N1CCNC(c2cccc(Br)c2)C1. The summed E-state index contributed by atoms with van der Waals surface area (Å²) in [5.41, 5.74) is 2.17. The molecule has 1 atom stereocenters. The van der Waals surface area contributed by atoms with Crippen molar-refractivity contribution in [3.63, 3.8) is 0 Å². The van der Waals surface area contributed by atoms with Crippen molar-refractivity contribution in [1.29, 1.82) is 0 Å². The quantitative estimate of drug-likeness (QED) is 0.889. The summed E-state index contributed by atoms with van der Waals surface area (Å²) in [4.78, 5) is 14.1. The highest BCUT2D eigenvalue weighted by Crippen LogP contribution is 2.21. The van der Waals surface area contributed by atoms with Crippen molar-refractivity contribution >= 4 is 22.0 Å². The van der Waals surface area contributed by atoms with Crippen molar-refractivity contribution in [3.05, 3.63) is 70.2 Å². The summed E-state index contributed by atoms with van der Waals surface area (Å²) >= 11 is 3.49. The lowest BCUT2D eigenvalue weighted by molar-refractivity contribution is 0.0850. The van der Waals surface area contributed by atoms with Gasteiger partial charge in [0.1, 0.15) is 6.61 Å². The molecule has 1 aliphatic heterocycles. The number of nitrogens with one attached hydrogen (secondary N) is 1. The number of hydrogen-bond donors (Lipinski definition) is 1. The van der Waals surface area contributed by atoms with Crippen LogP contribution in [0.25, 0.3) is 0 Å². The smallest absolute Gasteiger partial charge is 0.410 e. The summed E-state index contributed by atoms with van der Waals surface area (Å²) in [5.74, 6) is 0. The fourth-order valence-electron chi connectivity index (χ4n) is 2.67. The minimum atomic E-state index is -0.254. The molecule has 1 N–H and O–H groups in total. The molecule has 1 amide bonds. The lowest BCUT2D eigenvalue weighted by Crippen LogP contribution is -2.48. The molecule has 0 bridgehead atoms. The molecule has 0 spiro atoms. The zero-order valence-corrected chi connectivity index (χ0v) is 14.3. The molecule has 1 fully saturated rings. The van der Waals surface area contributed by atoms with Crippen LogP contribution in [0.3, 0.4) is 0 Å². The molecule has 120 valence electrons. The molecule has 23 heavy (non-hydrogen) atoms. The first-order valence-electron chi connectivity index (χ1n) is 7.67. The minimum absolute atomic E-state index is 0.130. The Balaban J connectivity index is 1.58. The first kappa shape index (κ1) is 16.0. The van der Waals surface area contributed by atoms with Gasteiger partial charge in [-0.1, -0.05) is 58.4 Å². The van der Waals surface area contributed by atoms with E-state index in [0.29, 0.717) is 19.7 Å². The van der Waals surface area contributed by atoms with E-state index >= 15 is 0 Å². The number of amides is 1. The van der Waals surface area contributed by atoms with Crippen LogP contribution in [0.2, 0.25) is 0 Å². The normalized spacial score (nSPS) is 17.8. The van der Waals surface area contributed by atoms with Crippen molar-refractivity contribution < 1.29 is 9.53 Å². The van der Waals surface area contributed by atoms with E-state index in [1.165, 1.54) is 5.56 Å². The molecule has 0 aromatic heterocycles. The van der Waals surface area contributed by atoms with E-state index in [9.17, 15) is 4.79 Å². The van der Waals surface area contributed by atoms with E-state index in [2.05, 4.69) is 33.4 Å². The summed E-state index contributed by atoms with van der Waals surface area (Å²) in [6.45, 7) is 2.35. The van der Waals surface area contributed by atoms with Crippen LogP contribution in [0.4, 0.5) is 4.79 Å². The predicted octanol–water partition coefficient (Wildman–Crippen LogP) is 3.73. The standard InChI is InChI=1S/C18H19BrN2O2/c19-16-8-4-7-15(11-16)17-12-21(10-9-20-17)18(22)23-13-14-5-2-1-3-6-14/h1-8,11,17,20H,9-10,12-13H2. The second kappa shape index (κ2) is 7.62. The van der Waals surface area contributed by atoms with E-state index in [-0.39, 0.29) is 12.1 Å². The molecular weight excluding hydrogens is 356 g/mol. The van der Waals surface area contributed by atoms with E-state index in [1.54, 1.807) is 4.90 Å². The topological polar surface area (TPSA) is 41.6 Å². The molecule has 4 nitrogen and oxygen atoms in total. The minimum Gasteiger partial charge on any atom is -0.445 e. The highest BCUT2D eigenvalue weighted by molar-refractivity contribution is 9.10. The van der Waals surface area contributed by atoms with Crippen LogP contribution in [0.5, 0.6) is 0 Å².